The van der Waals surface area contributed by atoms with Crippen LogP contribution in [0.5, 0.6) is 11.5 Å². The summed E-state index contributed by atoms with van der Waals surface area (Å²) in [6.07, 6.45) is 4.62. The minimum Gasteiger partial charge on any atom is -0.493 e. The lowest BCUT2D eigenvalue weighted by Crippen LogP contribution is -2.07. The number of fused-ring (bicyclic) bond motifs is 1. The van der Waals surface area contributed by atoms with E-state index < -0.39 is 0 Å². The van der Waals surface area contributed by atoms with E-state index in [1.165, 1.54) is 12.8 Å². The van der Waals surface area contributed by atoms with Crippen LogP contribution in [0.3, 0.4) is 0 Å². The smallest absolute Gasteiger partial charge is 0.146 e. The summed E-state index contributed by atoms with van der Waals surface area (Å²) >= 11 is 10.1. The number of ether oxygens (including phenoxy) is 2. The third-order valence-electron chi connectivity index (χ3n) is 3.88. The SMILES string of the molecule is CCC(Br)CCCCOc1cc(Cl)c(OC(C)C)c2ccccc12. The molecule has 132 valence electrons. The summed E-state index contributed by atoms with van der Waals surface area (Å²) < 4.78 is 11.9. The number of benzene rings is 2. The number of hydrogen-bond acceptors (Lipinski definition) is 2. The molecular formula is C20H26BrClO2. The standard InChI is InChI=1S/C20H26BrClO2/c1-4-15(21)9-7-8-12-23-19-13-18(22)20(24-14(2)3)17-11-6-5-10-16(17)19/h5-6,10-11,13-15H,4,7-9,12H2,1-3H3. The van der Waals surface area contributed by atoms with E-state index in [4.69, 9.17) is 21.1 Å². The molecule has 1 atom stereocenters. The van der Waals surface area contributed by atoms with Crippen molar-refractivity contribution in [3.05, 3.63) is 35.4 Å². The highest BCUT2D eigenvalue weighted by atomic mass is 79.9. The Labute approximate surface area is 158 Å². The molecule has 2 rings (SSSR count). The van der Waals surface area contributed by atoms with Crippen LogP contribution < -0.4 is 9.47 Å². The molecule has 2 aromatic carbocycles. The van der Waals surface area contributed by atoms with Gasteiger partial charge < -0.3 is 9.47 Å². The second-order valence-electron chi connectivity index (χ2n) is 6.25. The predicted octanol–water partition coefficient (Wildman–Crippen LogP) is 7.00. The summed E-state index contributed by atoms with van der Waals surface area (Å²) in [5.74, 6) is 1.57. The summed E-state index contributed by atoms with van der Waals surface area (Å²) in [6.45, 7) is 6.91. The van der Waals surface area contributed by atoms with Crippen molar-refractivity contribution in [2.45, 2.75) is 57.4 Å². The highest BCUT2D eigenvalue weighted by Gasteiger charge is 2.14. The van der Waals surface area contributed by atoms with Crippen molar-refractivity contribution in [3.8, 4) is 11.5 Å². The Morgan fingerprint density at radius 3 is 2.50 bits per heavy atom. The Hall–Kier alpha value is -0.930. The molecule has 0 fully saturated rings. The Kier molecular flexibility index (Phi) is 7.70. The topological polar surface area (TPSA) is 18.5 Å². The van der Waals surface area contributed by atoms with Crippen LogP contribution in [0.15, 0.2) is 30.3 Å². The van der Waals surface area contributed by atoms with Gasteiger partial charge in [0.05, 0.1) is 17.7 Å². The first-order chi connectivity index (χ1) is 11.5. The van der Waals surface area contributed by atoms with Gasteiger partial charge in [-0.1, -0.05) is 58.7 Å². The maximum Gasteiger partial charge on any atom is 0.146 e. The maximum absolute atomic E-state index is 6.44. The molecule has 0 aromatic heterocycles. The molecule has 2 nitrogen and oxygen atoms in total. The third kappa shape index (κ3) is 5.29. The van der Waals surface area contributed by atoms with E-state index in [1.807, 2.05) is 38.1 Å². The van der Waals surface area contributed by atoms with Crippen molar-refractivity contribution in [1.82, 2.24) is 0 Å². The fourth-order valence-electron chi connectivity index (χ4n) is 2.61. The number of alkyl halides is 1. The monoisotopic (exact) mass is 412 g/mol. The second kappa shape index (κ2) is 9.53. The van der Waals surface area contributed by atoms with Gasteiger partial charge in [-0.15, -0.1) is 0 Å². The molecule has 2 aromatic rings. The number of halogens is 2. The van der Waals surface area contributed by atoms with Crippen LogP contribution in [-0.2, 0) is 0 Å². The molecular weight excluding hydrogens is 388 g/mol. The van der Waals surface area contributed by atoms with Gasteiger partial charge in [-0.05, 0) is 39.5 Å². The highest BCUT2D eigenvalue weighted by molar-refractivity contribution is 9.09. The number of unbranched alkanes of at least 4 members (excludes halogenated alkanes) is 1. The molecule has 0 aliphatic heterocycles. The fourth-order valence-corrected chi connectivity index (χ4v) is 3.18. The van der Waals surface area contributed by atoms with E-state index in [0.717, 1.165) is 35.1 Å². The average Bonchev–Trinajstić information content (AvgIpc) is 2.57. The minimum absolute atomic E-state index is 0.0773. The molecule has 24 heavy (non-hydrogen) atoms. The summed E-state index contributed by atoms with van der Waals surface area (Å²) in [7, 11) is 0. The van der Waals surface area contributed by atoms with Crippen molar-refractivity contribution in [2.24, 2.45) is 0 Å². The maximum atomic E-state index is 6.44. The van der Waals surface area contributed by atoms with E-state index in [1.54, 1.807) is 0 Å². The molecule has 0 amide bonds. The first kappa shape index (κ1) is 19.4. The van der Waals surface area contributed by atoms with Crippen LogP contribution in [0.1, 0.15) is 46.5 Å². The zero-order valence-electron chi connectivity index (χ0n) is 14.6. The lowest BCUT2D eigenvalue weighted by atomic mass is 10.1. The van der Waals surface area contributed by atoms with Crippen LogP contribution in [0.25, 0.3) is 10.8 Å². The Balaban J connectivity index is 2.11. The number of hydrogen-bond donors (Lipinski definition) is 0. The number of rotatable bonds is 9. The van der Waals surface area contributed by atoms with Crippen LogP contribution in [0.4, 0.5) is 0 Å². The van der Waals surface area contributed by atoms with Crippen LogP contribution in [0, 0.1) is 0 Å². The first-order valence-electron chi connectivity index (χ1n) is 8.67. The predicted molar refractivity (Wildman–Crippen MR) is 107 cm³/mol. The largest absolute Gasteiger partial charge is 0.493 e. The Bertz CT molecular complexity index is 657. The molecule has 0 heterocycles. The zero-order chi connectivity index (χ0) is 17.5. The van der Waals surface area contributed by atoms with Gasteiger partial charge in [0, 0.05) is 21.7 Å². The van der Waals surface area contributed by atoms with Crippen molar-refractivity contribution in [2.75, 3.05) is 6.61 Å². The summed E-state index contributed by atoms with van der Waals surface area (Å²) in [6, 6.07) is 9.97. The van der Waals surface area contributed by atoms with Gasteiger partial charge in [0.1, 0.15) is 11.5 Å². The van der Waals surface area contributed by atoms with Crippen LogP contribution >= 0.6 is 27.5 Å². The molecule has 0 aliphatic rings. The molecule has 0 bridgehead atoms. The highest BCUT2D eigenvalue weighted by Crippen LogP contribution is 2.40. The molecule has 0 saturated heterocycles. The Morgan fingerprint density at radius 1 is 1.12 bits per heavy atom. The summed E-state index contributed by atoms with van der Waals surface area (Å²) in [5.41, 5.74) is 0. The van der Waals surface area contributed by atoms with Crippen molar-refractivity contribution >= 4 is 38.3 Å². The normalized spacial score (nSPS) is 12.6. The minimum atomic E-state index is 0.0773. The van der Waals surface area contributed by atoms with Crippen molar-refractivity contribution in [1.29, 1.82) is 0 Å². The lowest BCUT2D eigenvalue weighted by molar-refractivity contribution is 0.245. The van der Waals surface area contributed by atoms with Crippen molar-refractivity contribution < 1.29 is 9.47 Å². The Morgan fingerprint density at radius 2 is 1.83 bits per heavy atom. The van der Waals surface area contributed by atoms with Gasteiger partial charge >= 0.3 is 0 Å². The van der Waals surface area contributed by atoms with E-state index in [-0.39, 0.29) is 6.10 Å². The van der Waals surface area contributed by atoms with Gasteiger partial charge in [0.25, 0.3) is 0 Å². The molecule has 1 unspecified atom stereocenters. The summed E-state index contributed by atoms with van der Waals surface area (Å²) in [4.78, 5) is 0.611. The van der Waals surface area contributed by atoms with E-state index in [0.29, 0.717) is 16.5 Å². The van der Waals surface area contributed by atoms with Gasteiger partial charge in [0.15, 0.2) is 0 Å². The molecule has 0 radical (unpaired) electrons. The quantitative estimate of drug-likeness (QED) is 0.325. The zero-order valence-corrected chi connectivity index (χ0v) is 17.0. The van der Waals surface area contributed by atoms with Gasteiger partial charge in [0.2, 0.25) is 0 Å². The van der Waals surface area contributed by atoms with Gasteiger partial charge in [-0.25, -0.2) is 0 Å². The lowest BCUT2D eigenvalue weighted by Gasteiger charge is -2.17. The average molecular weight is 414 g/mol. The van der Waals surface area contributed by atoms with Crippen LogP contribution in [-0.4, -0.2) is 17.5 Å². The molecule has 0 spiro atoms. The van der Waals surface area contributed by atoms with Gasteiger partial charge in [-0.3, -0.25) is 0 Å². The van der Waals surface area contributed by atoms with E-state index in [2.05, 4.69) is 28.9 Å². The molecule has 0 N–H and O–H groups in total. The molecule has 0 saturated carbocycles. The fraction of sp³-hybridized carbons (Fsp3) is 0.500. The second-order valence-corrected chi connectivity index (χ2v) is 7.95. The molecule has 4 heteroatoms. The van der Waals surface area contributed by atoms with Crippen LogP contribution in [0.2, 0.25) is 5.02 Å². The first-order valence-corrected chi connectivity index (χ1v) is 9.97. The van der Waals surface area contributed by atoms with E-state index >= 15 is 0 Å². The third-order valence-corrected chi connectivity index (χ3v) is 5.26. The van der Waals surface area contributed by atoms with Gasteiger partial charge in [-0.2, -0.15) is 0 Å². The van der Waals surface area contributed by atoms with Crippen molar-refractivity contribution in [3.63, 3.8) is 0 Å². The summed E-state index contributed by atoms with van der Waals surface area (Å²) in [5, 5.41) is 2.65. The van der Waals surface area contributed by atoms with E-state index in [9.17, 15) is 0 Å². The molecule has 0 aliphatic carbocycles.